The maximum Gasteiger partial charge on any atom is 0.252 e. The van der Waals surface area contributed by atoms with E-state index >= 15 is 0 Å². The van der Waals surface area contributed by atoms with Crippen LogP contribution in [0.4, 0.5) is 0 Å². The van der Waals surface area contributed by atoms with Gasteiger partial charge in [0.25, 0.3) is 10.0 Å². The second-order valence-corrected chi connectivity index (χ2v) is 9.54. The molecule has 2 aromatic rings. The number of piperidine rings is 1. The number of amides is 1. The van der Waals surface area contributed by atoms with Crippen LogP contribution in [0.5, 0.6) is 0 Å². The highest BCUT2D eigenvalue weighted by Crippen LogP contribution is 2.26. The van der Waals surface area contributed by atoms with Gasteiger partial charge >= 0.3 is 0 Å². The van der Waals surface area contributed by atoms with E-state index in [0.717, 1.165) is 0 Å². The molecule has 1 unspecified atom stereocenters. The van der Waals surface area contributed by atoms with Crippen LogP contribution in [0.2, 0.25) is 0 Å². The summed E-state index contributed by atoms with van der Waals surface area (Å²) in [7, 11) is -3.52. The van der Waals surface area contributed by atoms with Crippen LogP contribution < -0.4 is 5.32 Å². The summed E-state index contributed by atoms with van der Waals surface area (Å²) in [4.78, 5) is 12.5. The molecule has 0 aromatic carbocycles. The van der Waals surface area contributed by atoms with Crippen molar-refractivity contribution in [2.24, 2.45) is 5.92 Å². The minimum Gasteiger partial charge on any atom is -0.349 e. The number of rotatable bonds is 6. The highest BCUT2D eigenvalue weighted by atomic mass is 32.2. The molecule has 2 aromatic heterocycles. The van der Waals surface area contributed by atoms with E-state index in [1.165, 1.54) is 15.6 Å². The lowest BCUT2D eigenvalue weighted by Crippen LogP contribution is -2.45. The molecule has 11 heteroatoms. The molecule has 1 amide bonds. The van der Waals surface area contributed by atoms with E-state index in [0.29, 0.717) is 40.7 Å². The predicted octanol–water partition coefficient (Wildman–Crippen LogP) is 1.74. The highest BCUT2D eigenvalue weighted by molar-refractivity contribution is 7.91. The largest absolute Gasteiger partial charge is 0.349 e. The number of carbonyl (C=O) groups is 1. The van der Waals surface area contributed by atoms with Crippen LogP contribution in [0, 0.1) is 10.7 Å². The van der Waals surface area contributed by atoms with Gasteiger partial charge in [0.2, 0.25) is 5.91 Å². The smallest absolute Gasteiger partial charge is 0.252 e. The minimum atomic E-state index is -3.52. The second-order valence-electron chi connectivity index (χ2n) is 6.04. The summed E-state index contributed by atoms with van der Waals surface area (Å²) >= 11 is 6.32. The Morgan fingerprint density at radius 1 is 1.54 bits per heavy atom. The van der Waals surface area contributed by atoms with Gasteiger partial charge in [-0.25, -0.2) is 8.42 Å². The molecule has 0 bridgehead atoms. The lowest BCUT2D eigenvalue weighted by Gasteiger charge is -2.30. The van der Waals surface area contributed by atoms with Gasteiger partial charge in [-0.3, -0.25) is 9.89 Å². The van der Waals surface area contributed by atoms with E-state index in [2.05, 4.69) is 15.5 Å². The molecule has 1 fully saturated rings. The Kier molecular flexibility index (Phi) is 5.90. The minimum absolute atomic E-state index is 0.160. The standard InChI is InChI=1S/C15H21N5O3S3/c1-2-20-12(17-18-15(20)24)9-16-14(21)11-5-3-7-19(10-11)26(22,23)13-6-4-8-25-13/h4,6,8,11H,2-3,5,7,9-10H2,1H3,(H,16,21)(H,18,24). The van der Waals surface area contributed by atoms with Gasteiger partial charge in [0.05, 0.1) is 12.5 Å². The molecule has 3 heterocycles. The van der Waals surface area contributed by atoms with E-state index in [1.807, 2.05) is 11.5 Å². The number of sulfonamides is 1. The monoisotopic (exact) mass is 415 g/mol. The molecule has 0 saturated carbocycles. The molecule has 1 aliphatic heterocycles. The third-order valence-electron chi connectivity index (χ3n) is 4.42. The quantitative estimate of drug-likeness (QED) is 0.700. The molecule has 8 nitrogen and oxygen atoms in total. The molecule has 26 heavy (non-hydrogen) atoms. The van der Waals surface area contributed by atoms with Crippen molar-refractivity contribution in [2.75, 3.05) is 13.1 Å². The van der Waals surface area contributed by atoms with Crippen molar-refractivity contribution in [3.05, 3.63) is 28.1 Å². The van der Waals surface area contributed by atoms with Crippen LogP contribution in [0.25, 0.3) is 0 Å². The van der Waals surface area contributed by atoms with Gasteiger partial charge in [-0.05, 0) is 43.4 Å². The van der Waals surface area contributed by atoms with Crippen molar-refractivity contribution in [1.82, 2.24) is 24.4 Å². The Bertz CT molecular complexity index is 917. The van der Waals surface area contributed by atoms with Crippen molar-refractivity contribution in [1.29, 1.82) is 0 Å². The number of aromatic nitrogens is 3. The SMILES string of the molecule is CCn1c(CNC(=O)C2CCCN(S(=O)(=O)c3cccs3)C2)n[nH]c1=S. The van der Waals surface area contributed by atoms with Gasteiger partial charge in [-0.2, -0.15) is 9.40 Å². The van der Waals surface area contributed by atoms with E-state index < -0.39 is 10.0 Å². The average Bonchev–Trinajstić information content (AvgIpc) is 3.30. The maximum atomic E-state index is 12.7. The number of aromatic amines is 1. The summed E-state index contributed by atoms with van der Waals surface area (Å²) in [5.41, 5.74) is 0. The van der Waals surface area contributed by atoms with Crippen molar-refractivity contribution >= 4 is 39.5 Å². The van der Waals surface area contributed by atoms with Gasteiger partial charge in [-0.1, -0.05) is 6.07 Å². The first-order valence-corrected chi connectivity index (χ1v) is 11.1. The number of nitrogens with zero attached hydrogens (tertiary/aromatic N) is 3. The zero-order chi connectivity index (χ0) is 18.7. The Morgan fingerprint density at radius 3 is 3.04 bits per heavy atom. The highest BCUT2D eigenvalue weighted by Gasteiger charge is 2.33. The van der Waals surface area contributed by atoms with E-state index in [1.54, 1.807) is 17.5 Å². The lowest BCUT2D eigenvalue weighted by atomic mass is 9.99. The Morgan fingerprint density at radius 2 is 2.35 bits per heavy atom. The average molecular weight is 416 g/mol. The van der Waals surface area contributed by atoms with Crippen LogP contribution in [0.15, 0.2) is 21.7 Å². The fourth-order valence-corrected chi connectivity index (χ4v) is 5.98. The van der Waals surface area contributed by atoms with Gasteiger partial charge in [0, 0.05) is 19.6 Å². The maximum absolute atomic E-state index is 12.7. The Balaban J connectivity index is 1.64. The van der Waals surface area contributed by atoms with E-state index in [-0.39, 0.29) is 24.9 Å². The normalized spacial score (nSPS) is 18.7. The van der Waals surface area contributed by atoms with Crippen LogP contribution in [0.3, 0.4) is 0 Å². The zero-order valence-electron chi connectivity index (χ0n) is 14.3. The summed E-state index contributed by atoms with van der Waals surface area (Å²) in [6, 6.07) is 3.31. The Labute approximate surface area is 161 Å². The summed E-state index contributed by atoms with van der Waals surface area (Å²) in [5.74, 6) is 0.132. The third-order valence-corrected chi connectivity index (χ3v) is 7.97. The topological polar surface area (TPSA) is 100 Å². The molecule has 142 valence electrons. The third kappa shape index (κ3) is 3.90. The zero-order valence-corrected chi connectivity index (χ0v) is 16.8. The van der Waals surface area contributed by atoms with Crippen molar-refractivity contribution in [3.8, 4) is 0 Å². The number of H-pyrrole nitrogens is 1. The fourth-order valence-electron chi connectivity index (χ4n) is 3.03. The number of nitrogens with one attached hydrogen (secondary N) is 2. The summed E-state index contributed by atoms with van der Waals surface area (Å²) in [6.45, 7) is 3.51. The number of hydrogen-bond acceptors (Lipinski definition) is 6. The molecule has 1 saturated heterocycles. The lowest BCUT2D eigenvalue weighted by molar-refractivity contribution is -0.126. The number of thiophene rings is 1. The van der Waals surface area contributed by atoms with Gasteiger partial charge in [0.15, 0.2) is 10.6 Å². The first kappa shape index (κ1) is 19.2. The predicted molar refractivity (Wildman–Crippen MR) is 101 cm³/mol. The number of hydrogen-bond donors (Lipinski definition) is 2. The van der Waals surface area contributed by atoms with Crippen LogP contribution in [0.1, 0.15) is 25.6 Å². The molecule has 0 radical (unpaired) electrons. The van der Waals surface area contributed by atoms with Gasteiger partial charge in [-0.15, -0.1) is 11.3 Å². The summed E-state index contributed by atoms with van der Waals surface area (Å²) in [5, 5.41) is 11.4. The molecule has 1 atom stereocenters. The van der Waals surface area contributed by atoms with Crippen LogP contribution >= 0.6 is 23.6 Å². The number of carbonyl (C=O) groups excluding carboxylic acids is 1. The molecule has 0 spiro atoms. The molecule has 2 N–H and O–H groups in total. The summed E-state index contributed by atoms with van der Waals surface area (Å²) in [6.07, 6.45) is 1.33. The molecule has 0 aliphatic carbocycles. The molecule has 3 rings (SSSR count). The van der Waals surface area contributed by atoms with Gasteiger partial charge < -0.3 is 9.88 Å². The molecular formula is C15H21N5O3S3. The van der Waals surface area contributed by atoms with Crippen molar-refractivity contribution in [3.63, 3.8) is 0 Å². The fraction of sp³-hybridized carbons (Fsp3) is 0.533. The van der Waals surface area contributed by atoms with E-state index in [4.69, 9.17) is 12.2 Å². The van der Waals surface area contributed by atoms with Gasteiger partial charge in [0.1, 0.15) is 4.21 Å². The van der Waals surface area contributed by atoms with Crippen LogP contribution in [-0.4, -0.2) is 46.5 Å². The first-order valence-electron chi connectivity index (χ1n) is 8.39. The Hall–Kier alpha value is -1.56. The van der Waals surface area contributed by atoms with Crippen LogP contribution in [-0.2, 0) is 27.9 Å². The van der Waals surface area contributed by atoms with E-state index in [9.17, 15) is 13.2 Å². The second kappa shape index (κ2) is 7.99. The molecule has 1 aliphatic rings. The summed E-state index contributed by atoms with van der Waals surface area (Å²) < 4.78 is 29.4. The van der Waals surface area contributed by atoms with Crippen molar-refractivity contribution < 1.29 is 13.2 Å². The van der Waals surface area contributed by atoms with Crippen molar-refractivity contribution in [2.45, 2.75) is 37.1 Å². The first-order chi connectivity index (χ1) is 12.4. The molecular weight excluding hydrogens is 394 g/mol.